The third-order valence-electron chi connectivity index (χ3n) is 10.7. The van der Waals surface area contributed by atoms with Crippen LogP contribution in [0.5, 0.6) is 0 Å². The largest absolute Gasteiger partial charge is 0.294 e. The molecule has 8 aromatic rings. The molecule has 0 N–H and O–H groups in total. The lowest BCUT2D eigenvalue weighted by Gasteiger charge is -2.37. The van der Waals surface area contributed by atoms with Gasteiger partial charge in [-0.1, -0.05) is 129 Å². The molecule has 5 nitrogen and oxygen atoms in total. The van der Waals surface area contributed by atoms with Crippen molar-refractivity contribution in [2.45, 2.75) is 45.1 Å². The van der Waals surface area contributed by atoms with Crippen LogP contribution in [-0.4, -0.2) is 15.6 Å². The van der Waals surface area contributed by atoms with E-state index >= 15 is 0 Å². The molecule has 0 saturated carbocycles. The van der Waals surface area contributed by atoms with Crippen molar-refractivity contribution < 1.29 is 4.94 Å². The molecule has 0 spiro atoms. The number of hydroxylamine groups is 1. The summed E-state index contributed by atoms with van der Waals surface area (Å²) in [6, 6.07) is 59.3. The van der Waals surface area contributed by atoms with E-state index in [-0.39, 0.29) is 6.04 Å². The molecule has 0 radical (unpaired) electrons. The highest BCUT2D eigenvalue weighted by molar-refractivity contribution is 6.09. The first-order valence-corrected chi connectivity index (χ1v) is 18.5. The fraction of sp³-hybridized carbons (Fsp3) is 0.146. The summed E-state index contributed by atoms with van der Waals surface area (Å²) in [5, 5.41) is 6.35. The molecular formula is C48H42N4O. The molecule has 6 aromatic carbocycles. The Labute approximate surface area is 311 Å². The van der Waals surface area contributed by atoms with Gasteiger partial charge in [0.2, 0.25) is 0 Å². The Morgan fingerprint density at radius 2 is 1.15 bits per heavy atom. The maximum Gasteiger partial charge on any atom is 0.137 e. The van der Waals surface area contributed by atoms with Gasteiger partial charge in [-0.25, -0.2) is 10.0 Å². The highest BCUT2D eigenvalue weighted by Gasteiger charge is 2.40. The van der Waals surface area contributed by atoms with Gasteiger partial charge >= 0.3 is 0 Å². The summed E-state index contributed by atoms with van der Waals surface area (Å²) in [7, 11) is 0. The van der Waals surface area contributed by atoms with Gasteiger partial charge in [0.05, 0.1) is 39.6 Å². The molecule has 0 saturated heterocycles. The van der Waals surface area contributed by atoms with E-state index < -0.39 is 5.41 Å². The van der Waals surface area contributed by atoms with Crippen LogP contribution >= 0.6 is 0 Å². The molecule has 0 aliphatic carbocycles. The molecule has 1 aliphatic rings. The van der Waals surface area contributed by atoms with E-state index in [0.29, 0.717) is 5.92 Å². The lowest BCUT2D eigenvalue weighted by Crippen LogP contribution is -2.32. The Morgan fingerprint density at radius 1 is 0.528 bits per heavy atom. The molecule has 260 valence electrons. The van der Waals surface area contributed by atoms with E-state index in [0.717, 1.165) is 45.0 Å². The van der Waals surface area contributed by atoms with Gasteiger partial charge in [-0.15, -0.1) is 4.94 Å². The van der Waals surface area contributed by atoms with Crippen LogP contribution in [-0.2, 0) is 10.4 Å². The zero-order chi connectivity index (χ0) is 36.1. The molecule has 1 aliphatic heterocycles. The first kappa shape index (κ1) is 32.7. The Kier molecular flexibility index (Phi) is 8.09. The van der Waals surface area contributed by atoms with Crippen molar-refractivity contribution >= 4 is 38.9 Å². The summed E-state index contributed by atoms with van der Waals surface area (Å²) in [5.41, 5.74) is 10.5. The number of anilines is 3. The number of benzene rings is 6. The number of fused-ring (bicyclic) bond motifs is 4. The summed E-state index contributed by atoms with van der Waals surface area (Å²) in [6.45, 7) is 8.77. The van der Waals surface area contributed by atoms with E-state index in [1.165, 1.54) is 27.5 Å². The van der Waals surface area contributed by atoms with E-state index in [2.05, 4.69) is 196 Å². The number of aromatic nitrogens is 2. The van der Waals surface area contributed by atoms with Gasteiger partial charge in [0.25, 0.3) is 0 Å². The smallest absolute Gasteiger partial charge is 0.137 e. The lowest BCUT2D eigenvalue weighted by molar-refractivity contribution is 0.112. The van der Waals surface area contributed by atoms with Crippen LogP contribution in [0.4, 0.5) is 17.1 Å². The molecule has 2 aromatic heterocycles. The fourth-order valence-electron chi connectivity index (χ4n) is 8.16. The first-order valence-electron chi connectivity index (χ1n) is 18.5. The average molecular weight is 691 g/mol. The van der Waals surface area contributed by atoms with E-state index in [1.54, 1.807) is 0 Å². The van der Waals surface area contributed by atoms with Gasteiger partial charge in [-0.3, -0.25) is 4.57 Å². The third kappa shape index (κ3) is 5.30. The van der Waals surface area contributed by atoms with Crippen molar-refractivity contribution in [1.82, 2.24) is 9.55 Å². The monoisotopic (exact) mass is 690 g/mol. The Bertz CT molecular complexity index is 2530. The molecule has 5 heteroatoms. The van der Waals surface area contributed by atoms with Crippen molar-refractivity contribution in [2.75, 3.05) is 10.1 Å². The summed E-state index contributed by atoms with van der Waals surface area (Å²) in [4.78, 5) is 11.6. The number of hydrogen-bond donors (Lipinski definition) is 0. The zero-order valence-corrected chi connectivity index (χ0v) is 30.5. The summed E-state index contributed by atoms with van der Waals surface area (Å²) in [5.74, 6) is 1.31. The van der Waals surface area contributed by atoms with Crippen LogP contribution in [0.1, 0.15) is 61.4 Å². The van der Waals surface area contributed by atoms with Crippen molar-refractivity contribution in [2.24, 2.45) is 0 Å². The fourth-order valence-corrected chi connectivity index (χ4v) is 8.16. The second-order valence-corrected chi connectivity index (χ2v) is 14.5. The highest BCUT2D eigenvalue weighted by atomic mass is 16.8. The van der Waals surface area contributed by atoms with Crippen LogP contribution in [0, 0.1) is 0 Å². The summed E-state index contributed by atoms with van der Waals surface area (Å²) in [6.07, 6.45) is 1.94. The van der Waals surface area contributed by atoms with Crippen LogP contribution < -0.4 is 10.1 Å². The molecule has 0 bridgehead atoms. The van der Waals surface area contributed by atoms with Crippen molar-refractivity contribution in [3.05, 3.63) is 198 Å². The SMILES string of the molecule is CC(C)c1ccnc(-n2c3ccccc3c3ccc(C(c4ccccc4)(c4ccccc4)c4cccc(N5ON(C(C)C)c6ccccc65)c4)cc32)c1. The summed E-state index contributed by atoms with van der Waals surface area (Å²) >= 11 is 0. The summed E-state index contributed by atoms with van der Waals surface area (Å²) < 4.78 is 2.34. The predicted molar refractivity (Wildman–Crippen MR) is 218 cm³/mol. The zero-order valence-electron chi connectivity index (χ0n) is 30.5. The molecule has 0 fully saturated rings. The minimum atomic E-state index is -0.682. The van der Waals surface area contributed by atoms with Gasteiger partial charge in [-0.05, 0) is 96.1 Å². The van der Waals surface area contributed by atoms with Crippen molar-refractivity contribution in [3.8, 4) is 5.82 Å². The number of rotatable bonds is 8. The molecule has 3 heterocycles. The van der Waals surface area contributed by atoms with E-state index in [9.17, 15) is 0 Å². The Morgan fingerprint density at radius 3 is 1.87 bits per heavy atom. The molecule has 0 unspecified atom stereocenters. The van der Waals surface area contributed by atoms with E-state index in [1.807, 2.05) is 16.3 Å². The van der Waals surface area contributed by atoms with Gasteiger partial charge < -0.3 is 0 Å². The third-order valence-corrected chi connectivity index (χ3v) is 10.7. The van der Waals surface area contributed by atoms with Gasteiger partial charge in [-0.2, -0.15) is 5.06 Å². The highest BCUT2D eigenvalue weighted by Crippen LogP contribution is 2.49. The quantitative estimate of drug-likeness (QED) is 0.149. The van der Waals surface area contributed by atoms with Gasteiger partial charge in [0.1, 0.15) is 5.82 Å². The normalized spacial score (nSPS) is 13.1. The second kappa shape index (κ2) is 13.1. The number of nitrogens with zero attached hydrogens (tertiary/aromatic N) is 4. The lowest BCUT2D eigenvalue weighted by atomic mass is 9.65. The Hall–Kier alpha value is -6.17. The number of hydrogen-bond acceptors (Lipinski definition) is 4. The van der Waals surface area contributed by atoms with Crippen LogP contribution in [0.3, 0.4) is 0 Å². The molecule has 9 rings (SSSR count). The molecule has 0 atom stereocenters. The van der Waals surface area contributed by atoms with Gasteiger partial charge in [0.15, 0.2) is 0 Å². The maximum atomic E-state index is 6.60. The van der Waals surface area contributed by atoms with Crippen LogP contribution in [0.2, 0.25) is 0 Å². The topological polar surface area (TPSA) is 33.5 Å². The first-order chi connectivity index (χ1) is 25.9. The number of pyridine rings is 1. The van der Waals surface area contributed by atoms with Crippen LogP contribution in [0.15, 0.2) is 170 Å². The molecular weight excluding hydrogens is 649 g/mol. The molecule has 53 heavy (non-hydrogen) atoms. The number of para-hydroxylation sites is 3. The van der Waals surface area contributed by atoms with Crippen molar-refractivity contribution in [3.63, 3.8) is 0 Å². The minimum Gasteiger partial charge on any atom is -0.294 e. The maximum absolute atomic E-state index is 6.60. The second-order valence-electron chi connectivity index (χ2n) is 14.5. The van der Waals surface area contributed by atoms with E-state index in [4.69, 9.17) is 9.92 Å². The van der Waals surface area contributed by atoms with Crippen molar-refractivity contribution in [1.29, 1.82) is 0 Å². The Balaban J connectivity index is 1.33. The van der Waals surface area contributed by atoms with Crippen LogP contribution in [0.25, 0.3) is 27.6 Å². The minimum absolute atomic E-state index is 0.159. The standard InChI is InChI=1S/C48H42N4O/c1-33(2)35-28-29-49-47(30-35)50-43-23-12-11-22-41(43)42-27-26-39(32-46(42)50)48(36-16-7-5-8-17-36,37-18-9-6-10-19-37)38-20-15-21-40(31-38)52-45-25-14-13-24-44(45)51(53-52)34(3)4/h5-34H,1-4H3. The van der Waals surface area contributed by atoms with Gasteiger partial charge in [0, 0.05) is 17.0 Å². The molecule has 0 amide bonds. The predicted octanol–water partition coefficient (Wildman–Crippen LogP) is 11.9. The average Bonchev–Trinajstić information content (AvgIpc) is 3.76.